The molecule has 0 unspecified atom stereocenters. The van der Waals surface area contributed by atoms with Crippen molar-refractivity contribution in [2.45, 2.75) is 31.1 Å². The van der Waals surface area contributed by atoms with E-state index in [9.17, 15) is 18.5 Å². The summed E-state index contributed by atoms with van der Waals surface area (Å²) in [6, 6.07) is 0. The second-order valence-corrected chi connectivity index (χ2v) is 5.94. The summed E-state index contributed by atoms with van der Waals surface area (Å²) >= 11 is 0. The molecule has 0 fully saturated rings. The molecule has 0 radical (unpaired) electrons. The summed E-state index contributed by atoms with van der Waals surface area (Å²) in [5, 5.41) is 10.9. The maximum absolute atomic E-state index is 12.0. The van der Waals surface area contributed by atoms with E-state index in [2.05, 4.69) is 4.98 Å². The van der Waals surface area contributed by atoms with Gasteiger partial charge in [0.2, 0.25) is 0 Å². The largest absolute Gasteiger partial charge is 0.392 e. The summed E-state index contributed by atoms with van der Waals surface area (Å²) in [7, 11) is -3.71. The van der Waals surface area contributed by atoms with Gasteiger partial charge in [-0.3, -0.25) is 15.1 Å². The highest BCUT2D eigenvalue weighted by Gasteiger charge is 2.28. The van der Waals surface area contributed by atoms with Gasteiger partial charge < -0.3 is 5.73 Å². The van der Waals surface area contributed by atoms with Crippen LogP contribution in [0.2, 0.25) is 0 Å². The number of rotatable bonds is 6. The molecule has 0 aliphatic rings. The smallest absolute Gasteiger partial charge is 0.313 e. The molecule has 100 valence electrons. The summed E-state index contributed by atoms with van der Waals surface area (Å²) in [5.74, 6) is -0.132. The van der Waals surface area contributed by atoms with Crippen molar-refractivity contribution in [1.29, 1.82) is 0 Å². The average Bonchev–Trinajstić information content (AvgIpc) is 2.28. The van der Waals surface area contributed by atoms with Crippen LogP contribution in [0.5, 0.6) is 0 Å². The average molecular weight is 273 g/mol. The zero-order chi connectivity index (χ0) is 13.8. The van der Waals surface area contributed by atoms with E-state index < -0.39 is 25.3 Å². The molecule has 1 rings (SSSR count). The highest BCUT2D eigenvalue weighted by atomic mass is 32.2. The van der Waals surface area contributed by atoms with E-state index in [1.165, 1.54) is 0 Å². The van der Waals surface area contributed by atoms with Crippen molar-refractivity contribution in [3.63, 3.8) is 0 Å². The first kappa shape index (κ1) is 14.4. The van der Waals surface area contributed by atoms with E-state index in [1.54, 1.807) is 0 Å². The summed E-state index contributed by atoms with van der Waals surface area (Å²) in [5.41, 5.74) is 4.58. The van der Waals surface area contributed by atoms with Crippen LogP contribution < -0.4 is 5.73 Å². The molecule has 0 bridgehead atoms. The monoisotopic (exact) mass is 273 g/mol. The molecule has 0 aliphatic heterocycles. The number of unbranched alkanes of at least 4 members (excludes halogenated alkanes) is 2. The minimum absolute atomic E-state index is 0.132. The van der Waals surface area contributed by atoms with E-state index in [4.69, 9.17) is 5.73 Å². The topological polar surface area (TPSA) is 116 Å². The number of anilines is 1. The van der Waals surface area contributed by atoms with Crippen LogP contribution in [0.3, 0.4) is 0 Å². The Labute approximate surface area is 105 Å². The number of aromatic nitrogens is 1. The van der Waals surface area contributed by atoms with Crippen molar-refractivity contribution in [2.24, 2.45) is 0 Å². The van der Waals surface area contributed by atoms with Gasteiger partial charge in [-0.25, -0.2) is 8.42 Å². The van der Waals surface area contributed by atoms with Gasteiger partial charge in [0.25, 0.3) is 0 Å². The SMILES string of the molecule is CCCCCS(=O)(=O)c1cncc(N)c1[N+](=O)[O-]. The number of nitrogens with two attached hydrogens (primary N) is 1. The van der Waals surface area contributed by atoms with E-state index in [0.717, 1.165) is 25.2 Å². The first-order valence-corrected chi connectivity index (χ1v) is 7.16. The summed E-state index contributed by atoms with van der Waals surface area (Å²) < 4.78 is 24.0. The van der Waals surface area contributed by atoms with Gasteiger partial charge in [-0.05, 0) is 6.42 Å². The molecule has 2 N–H and O–H groups in total. The maximum atomic E-state index is 12.0. The fourth-order valence-electron chi connectivity index (χ4n) is 1.52. The fraction of sp³-hybridized carbons (Fsp3) is 0.500. The van der Waals surface area contributed by atoms with Gasteiger partial charge in [-0.15, -0.1) is 0 Å². The number of sulfone groups is 1. The highest BCUT2D eigenvalue weighted by Crippen LogP contribution is 2.29. The Kier molecular flexibility index (Phi) is 4.60. The molecule has 8 heteroatoms. The molecule has 0 saturated heterocycles. The number of nitrogen functional groups attached to an aromatic ring is 1. The Balaban J connectivity index is 3.16. The van der Waals surface area contributed by atoms with E-state index in [1.807, 2.05) is 6.92 Å². The second kappa shape index (κ2) is 5.76. The lowest BCUT2D eigenvalue weighted by molar-refractivity contribution is -0.386. The molecule has 0 aromatic carbocycles. The first-order valence-electron chi connectivity index (χ1n) is 5.50. The van der Waals surface area contributed by atoms with Gasteiger partial charge in [0.15, 0.2) is 14.7 Å². The Morgan fingerprint density at radius 1 is 1.39 bits per heavy atom. The predicted molar refractivity (Wildman–Crippen MR) is 66.9 cm³/mol. The molecule has 0 amide bonds. The Morgan fingerprint density at radius 2 is 2.06 bits per heavy atom. The molecular formula is C10H15N3O4S. The molecule has 18 heavy (non-hydrogen) atoms. The minimum Gasteiger partial charge on any atom is -0.392 e. The molecule has 1 heterocycles. The highest BCUT2D eigenvalue weighted by molar-refractivity contribution is 7.91. The van der Waals surface area contributed by atoms with E-state index >= 15 is 0 Å². The Hall–Kier alpha value is -1.70. The molecule has 1 aromatic rings. The molecule has 0 atom stereocenters. The maximum Gasteiger partial charge on any atom is 0.313 e. The van der Waals surface area contributed by atoms with Crippen molar-refractivity contribution in [3.8, 4) is 0 Å². The van der Waals surface area contributed by atoms with Crippen LogP contribution in [0.15, 0.2) is 17.3 Å². The Bertz CT molecular complexity index is 542. The number of hydrogen-bond acceptors (Lipinski definition) is 6. The summed E-state index contributed by atoms with van der Waals surface area (Å²) in [4.78, 5) is 13.3. The van der Waals surface area contributed by atoms with Gasteiger partial charge in [-0.2, -0.15) is 0 Å². The zero-order valence-electron chi connectivity index (χ0n) is 10.00. The van der Waals surface area contributed by atoms with Crippen LogP contribution in [0.4, 0.5) is 11.4 Å². The fourth-order valence-corrected chi connectivity index (χ4v) is 3.04. The van der Waals surface area contributed by atoms with Crippen LogP contribution in [-0.2, 0) is 9.84 Å². The third-order valence-electron chi connectivity index (χ3n) is 2.45. The zero-order valence-corrected chi connectivity index (χ0v) is 10.8. The molecule has 7 nitrogen and oxygen atoms in total. The van der Waals surface area contributed by atoms with Gasteiger partial charge in [-0.1, -0.05) is 19.8 Å². The Morgan fingerprint density at radius 3 is 2.61 bits per heavy atom. The van der Waals surface area contributed by atoms with Crippen LogP contribution in [0.1, 0.15) is 26.2 Å². The standard InChI is InChI=1S/C10H15N3O4S/c1-2-3-4-5-18(16,17)9-7-12-6-8(11)10(9)13(14)15/h6-7H,2-5,11H2,1H3. The van der Waals surface area contributed by atoms with E-state index in [0.29, 0.717) is 6.42 Å². The van der Waals surface area contributed by atoms with Crippen molar-refractivity contribution in [2.75, 3.05) is 11.5 Å². The van der Waals surface area contributed by atoms with Gasteiger partial charge in [0.1, 0.15) is 5.69 Å². The van der Waals surface area contributed by atoms with Crippen molar-refractivity contribution in [1.82, 2.24) is 4.98 Å². The molecule has 0 saturated carbocycles. The number of hydrogen-bond donors (Lipinski definition) is 1. The molecule has 0 spiro atoms. The molecular weight excluding hydrogens is 258 g/mol. The summed E-state index contributed by atoms with van der Waals surface area (Å²) in [6.07, 6.45) is 4.14. The molecule has 0 aliphatic carbocycles. The van der Waals surface area contributed by atoms with Crippen molar-refractivity contribution < 1.29 is 13.3 Å². The third-order valence-corrected chi connectivity index (χ3v) is 4.24. The normalized spacial score (nSPS) is 11.4. The van der Waals surface area contributed by atoms with Crippen LogP contribution >= 0.6 is 0 Å². The lowest BCUT2D eigenvalue weighted by atomic mass is 10.3. The number of pyridine rings is 1. The van der Waals surface area contributed by atoms with E-state index in [-0.39, 0.29) is 11.4 Å². The van der Waals surface area contributed by atoms with Crippen molar-refractivity contribution >= 4 is 21.2 Å². The predicted octanol–water partition coefficient (Wildman–Crippen LogP) is 1.54. The molecule has 1 aromatic heterocycles. The van der Waals surface area contributed by atoms with Gasteiger partial charge >= 0.3 is 5.69 Å². The number of nitro groups is 1. The van der Waals surface area contributed by atoms with Crippen LogP contribution in [0.25, 0.3) is 0 Å². The quantitative estimate of drug-likeness (QED) is 0.477. The van der Waals surface area contributed by atoms with Gasteiger partial charge in [0, 0.05) is 0 Å². The first-order chi connectivity index (χ1) is 8.40. The summed E-state index contributed by atoms with van der Waals surface area (Å²) in [6.45, 7) is 1.94. The number of nitrogens with zero attached hydrogens (tertiary/aromatic N) is 2. The van der Waals surface area contributed by atoms with Crippen LogP contribution in [-0.4, -0.2) is 24.1 Å². The lowest BCUT2D eigenvalue weighted by Crippen LogP contribution is -2.11. The van der Waals surface area contributed by atoms with Crippen molar-refractivity contribution in [3.05, 3.63) is 22.5 Å². The lowest BCUT2D eigenvalue weighted by Gasteiger charge is -2.05. The van der Waals surface area contributed by atoms with Crippen LogP contribution in [0, 0.1) is 10.1 Å². The second-order valence-electron chi connectivity index (χ2n) is 3.86. The van der Waals surface area contributed by atoms with Gasteiger partial charge in [0.05, 0.1) is 23.1 Å². The third kappa shape index (κ3) is 3.16. The minimum atomic E-state index is -3.71.